The molecule has 0 aliphatic carbocycles. The fraction of sp³-hybridized carbons (Fsp3) is 0.571. The fourth-order valence-corrected chi connectivity index (χ4v) is 1.97. The summed E-state index contributed by atoms with van der Waals surface area (Å²) < 4.78 is 11.0. The minimum absolute atomic E-state index is 0.0910. The number of benzene rings is 1. The molecule has 1 aliphatic rings. The molecule has 3 heteroatoms. The van der Waals surface area contributed by atoms with Crippen molar-refractivity contribution in [3.8, 4) is 11.5 Å². The average Bonchev–Trinajstić information content (AvgIpc) is 2.35. The van der Waals surface area contributed by atoms with Gasteiger partial charge in [0.25, 0.3) is 0 Å². The molecule has 1 unspecified atom stereocenters. The second-order valence-corrected chi connectivity index (χ2v) is 4.98. The van der Waals surface area contributed by atoms with E-state index in [2.05, 4.69) is 13.8 Å². The van der Waals surface area contributed by atoms with Gasteiger partial charge in [0.05, 0.1) is 0 Å². The van der Waals surface area contributed by atoms with E-state index in [-0.39, 0.29) is 6.04 Å². The van der Waals surface area contributed by atoms with Crippen molar-refractivity contribution in [2.45, 2.75) is 32.7 Å². The van der Waals surface area contributed by atoms with Crippen LogP contribution in [0.4, 0.5) is 0 Å². The van der Waals surface area contributed by atoms with Gasteiger partial charge >= 0.3 is 0 Å². The standard InChI is InChI=1S/C14H21NO2/c1-10(2)3-5-12(15)11-4-6-13-14(9-11)17-8-7-16-13/h4,6,9-10,12H,3,5,7-8,15H2,1-2H3. The third kappa shape index (κ3) is 3.13. The SMILES string of the molecule is CC(C)CCC(N)c1ccc2c(c1)OCCO2. The Labute approximate surface area is 103 Å². The first-order chi connectivity index (χ1) is 8.16. The van der Waals surface area contributed by atoms with E-state index in [1.54, 1.807) is 0 Å². The number of ether oxygens (including phenoxy) is 2. The first-order valence-electron chi connectivity index (χ1n) is 6.32. The van der Waals surface area contributed by atoms with Gasteiger partial charge in [0.15, 0.2) is 11.5 Å². The molecule has 94 valence electrons. The van der Waals surface area contributed by atoms with E-state index in [0.29, 0.717) is 19.1 Å². The van der Waals surface area contributed by atoms with Gasteiger partial charge in [-0.25, -0.2) is 0 Å². The van der Waals surface area contributed by atoms with Crippen molar-refractivity contribution in [3.05, 3.63) is 23.8 Å². The first kappa shape index (κ1) is 12.2. The van der Waals surface area contributed by atoms with Crippen molar-refractivity contribution < 1.29 is 9.47 Å². The minimum atomic E-state index is 0.0910. The zero-order valence-corrected chi connectivity index (χ0v) is 10.6. The van der Waals surface area contributed by atoms with Crippen molar-refractivity contribution in [2.24, 2.45) is 11.7 Å². The molecule has 2 N–H and O–H groups in total. The van der Waals surface area contributed by atoms with Crippen LogP contribution in [-0.4, -0.2) is 13.2 Å². The van der Waals surface area contributed by atoms with Crippen LogP contribution in [0.5, 0.6) is 11.5 Å². The van der Waals surface area contributed by atoms with Crippen LogP contribution in [0.3, 0.4) is 0 Å². The quantitative estimate of drug-likeness (QED) is 0.872. The lowest BCUT2D eigenvalue weighted by Gasteiger charge is -2.20. The van der Waals surface area contributed by atoms with E-state index >= 15 is 0 Å². The van der Waals surface area contributed by atoms with E-state index in [1.165, 1.54) is 0 Å². The molecule has 0 spiro atoms. The Morgan fingerprint density at radius 2 is 1.82 bits per heavy atom. The molecule has 0 radical (unpaired) electrons. The molecule has 1 aliphatic heterocycles. The molecule has 1 aromatic rings. The fourth-order valence-electron chi connectivity index (χ4n) is 1.97. The summed E-state index contributed by atoms with van der Waals surface area (Å²) in [5.41, 5.74) is 7.31. The maximum absolute atomic E-state index is 6.18. The molecule has 0 amide bonds. The molecular weight excluding hydrogens is 214 g/mol. The van der Waals surface area contributed by atoms with Gasteiger partial charge in [-0.3, -0.25) is 0 Å². The second kappa shape index (κ2) is 5.41. The zero-order valence-electron chi connectivity index (χ0n) is 10.6. The summed E-state index contributed by atoms with van der Waals surface area (Å²) in [5, 5.41) is 0. The Balaban J connectivity index is 2.05. The van der Waals surface area contributed by atoms with Crippen LogP contribution in [0.15, 0.2) is 18.2 Å². The van der Waals surface area contributed by atoms with Gasteiger partial charge < -0.3 is 15.2 Å². The molecule has 0 bridgehead atoms. The van der Waals surface area contributed by atoms with E-state index in [0.717, 1.165) is 29.9 Å². The maximum atomic E-state index is 6.18. The van der Waals surface area contributed by atoms with Gasteiger partial charge in [-0.1, -0.05) is 19.9 Å². The van der Waals surface area contributed by atoms with Crippen LogP contribution in [0.25, 0.3) is 0 Å². The zero-order chi connectivity index (χ0) is 12.3. The van der Waals surface area contributed by atoms with Crippen LogP contribution in [-0.2, 0) is 0 Å². The van der Waals surface area contributed by atoms with Crippen molar-refractivity contribution in [3.63, 3.8) is 0 Å². The molecule has 1 atom stereocenters. The molecule has 0 fully saturated rings. The summed E-state index contributed by atoms with van der Waals surface area (Å²) in [6.07, 6.45) is 2.16. The van der Waals surface area contributed by atoms with Crippen LogP contribution < -0.4 is 15.2 Å². The number of hydrogen-bond acceptors (Lipinski definition) is 3. The number of nitrogens with two attached hydrogens (primary N) is 1. The number of hydrogen-bond donors (Lipinski definition) is 1. The third-order valence-electron chi connectivity index (χ3n) is 3.05. The van der Waals surface area contributed by atoms with E-state index in [9.17, 15) is 0 Å². The highest BCUT2D eigenvalue weighted by atomic mass is 16.6. The van der Waals surface area contributed by atoms with Crippen molar-refractivity contribution in [1.29, 1.82) is 0 Å². The van der Waals surface area contributed by atoms with Gasteiger partial charge in [0, 0.05) is 6.04 Å². The van der Waals surface area contributed by atoms with Crippen LogP contribution in [0.2, 0.25) is 0 Å². The summed E-state index contributed by atoms with van der Waals surface area (Å²) in [5.74, 6) is 2.35. The summed E-state index contributed by atoms with van der Waals surface area (Å²) >= 11 is 0. The molecular formula is C14H21NO2. The highest BCUT2D eigenvalue weighted by Gasteiger charge is 2.14. The van der Waals surface area contributed by atoms with Crippen LogP contribution in [0.1, 0.15) is 38.3 Å². The Bertz CT molecular complexity index is 376. The first-order valence-corrected chi connectivity index (χ1v) is 6.32. The monoisotopic (exact) mass is 235 g/mol. The normalized spacial score (nSPS) is 16.0. The van der Waals surface area contributed by atoms with Gasteiger partial charge in [-0.05, 0) is 36.5 Å². The molecule has 0 saturated carbocycles. The Hall–Kier alpha value is -1.22. The average molecular weight is 235 g/mol. The highest BCUT2D eigenvalue weighted by molar-refractivity contribution is 5.44. The van der Waals surface area contributed by atoms with Crippen molar-refractivity contribution >= 4 is 0 Å². The molecule has 1 aromatic carbocycles. The highest BCUT2D eigenvalue weighted by Crippen LogP contribution is 2.33. The lowest BCUT2D eigenvalue weighted by atomic mass is 9.98. The van der Waals surface area contributed by atoms with Gasteiger partial charge in [0.1, 0.15) is 13.2 Å². The van der Waals surface area contributed by atoms with E-state index < -0.39 is 0 Å². The largest absolute Gasteiger partial charge is 0.486 e. The predicted octanol–water partition coefficient (Wildman–Crippen LogP) is 2.89. The lowest BCUT2D eigenvalue weighted by Crippen LogP contribution is -2.17. The Morgan fingerprint density at radius 1 is 1.12 bits per heavy atom. The molecule has 0 saturated heterocycles. The van der Waals surface area contributed by atoms with Gasteiger partial charge in [-0.2, -0.15) is 0 Å². The Morgan fingerprint density at radius 3 is 2.53 bits per heavy atom. The molecule has 3 nitrogen and oxygen atoms in total. The minimum Gasteiger partial charge on any atom is -0.486 e. The summed E-state index contributed by atoms with van der Waals surface area (Å²) in [6, 6.07) is 6.10. The summed E-state index contributed by atoms with van der Waals surface area (Å²) in [6.45, 7) is 5.69. The van der Waals surface area contributed by atoms with Crippen LogP contribution >= 0.6 is 0 Å². The number of rotatable bonds is 4. The van der Waals surface area contributed by atoms with Crippen molar-refractivity contribution in [1.82, 2.24) is 0 Å². The summed E-state index contributed by atoms with van der Waals surface area (Å²) in [7, 11) is 0. The molecule has 2 rings (SSSR count). The van der Waals surface area contributed by atoms with E-state index in [1.807, 2.05) is 18.2 Å². The maximum Gasteiger partial charge on any atom is 0.161 e. The topological polar surface area (TPSA) is 44.5 Å². The van der Waals surface area contributed by atoms with Gasteiger partial charge in [0.2, 0.25) is 0 Å². The smallest absolute Gasteiger partial charge is 0.161 e. The summed E-state index contributed by atoms with van der Waals surface area (Å²) in [4.78, 5) is 0. The molecule has 0 aromatic heterocycles. The Kier molecular flexibility index (Phi) is 3.89. The van der Waals surface area contributed by atoms with Crippen LogP contribution in [0, 0.1) is 5.92 Å². The molecule has 17 heavy (non-hydrogen) atoms. The van der Waals surface area contributed by atoms with E-state index in [4.69, 9.17) is 15.2 Å². The second-order valence-electron chi connectivity index (χ2n) is 4.98. The number of fused-ring (bicyclic) bond motifs is 1. The third-order valence-corrected chi connectivity index (χ3v) is 3.05. The molecule has 1 heterocycles. The van der Waals surface area contributed by atoms with Crippen molar-refractivity contribution in [2.75, 3.05) is 13.2 Å². The van der Waals surface area contributed by atoms with Gasteiger partial charge in [-0.15, -0.1) is 0 Å². The lowest BCUT2D eigenvalue weighted by molar-refractivity contribution is 0.171. The predicted molar refractivity (Wildman–Crippen MR) is 68.4 cm³/mol.